The molecule has 0 aromatic heterocycles. The first-order valence-electron chi connectivity index (χ1n) is 10.5. The van der Waals surface area contributed by atoms with Crippen LogP contribution in [-0.4, -0.2) is 24.6 Å². The third-order valence-corrected chi connectivity index (χ3v) is 4.41. The molecule has 0 aromatic carbocycles. The molecule has 4 nitrogen and oxygen atoms in total. The van der Waals surface area contributed by atoms with Crippen LogP contribution >= 0.6 is 0 Å². The van der Waals surface area contributed by atoms with Crippen molar-refractivity contribution >= 4 is 11.9 Å². The molecule has 0 saturated carbocycles. The van der Waals surface area contributed by atoms with Gasteiger partial charge in [-0.05, 0) is 25.7 Å². The highest BCUT2D eigenvalue weighted by molar-refractivity contribution is 5.72. The molecule has 0 aliphatic heterocycles. The Labute approximate surface area is 155 Å². The minimum atomic E-state index is -0.197. The van der Waals surface area contributed by atoms with Crippen molar-refractivity contribution in [2.45, 2.75) is 117 Å². The van der Waals surface area contributed by atoms with Crippen LogP contribution in [0.3, 0.4) is 0 Å². The van der Waals surface area contributed by atoms with Crippen LogP contribution in [0.5, 0.6) is 0 Å². The van der Waals surface area contributed by atoms with Crippen molar-refractivity contribution < 1.29 is 19.1 Å². The number of hydrogen-bond donors (Lipinski definition) is 0. The molecule has 1 unspecified atom stereocenters. The Balaban J connectivity index is 3.54. The smallest absolute Gasteiger partial charge is 0.306 e. The predicted octanol–water partition coefficient (Wildman–Crippen LogP) is 5.96. The van der Waals surface area contributed by atoms with Crippen molar-refractivity contribution in [2.24, 2.45) is 0 Å². The van der Waals surface area contributed by atoms with E-state index in [1.165, 1.54) is 32.1 Å². The van der Waals surface area contributed by atoms with Crippen LogP contribution < -0.4 is 0 Å². The highest BCUT2D eigenvalue weighted by atomic mass is 16.5. The maximum atomic E-state index is 11.8. The lowest BCUT2D eigenvalue weighted by molar-refractivity contribution is -0.150. The summed E-state index contributed by atoms with van der Waals surface area (Å²) in [4.78, 5) is 23.4. The third kappa shape index (κ3) is 16.2. The summed E-state index contributed by atoms with van der Waals surface area (Å²) >= 11 is 0. The van der Waals surface area contributed by atoms with Gasteiger partial charge in [0.25, 0.3) is 0 Å². The number of esters is 2. The number of carbonyl (C=O) groups is 2. The Kier molecular flexibility index (Phi) is 17.0. The SMILES string of the molecule is CCCCCCCCCOC(=O)CCCC(=O)OC(CC)CCCC. The lowest BCUT2D eigenvalue weighted by Gasteiger charge is -2.15. The van der Waals surface area contributed by atoms with Crippen molar-refractivity contribution in [3.8, 4) is 0 Å². The first-order valence-corrected chi connectivity index (χ1v) is 10.5. The van der Waals surface area contributed by atoms with Crippen molar-refractivity contribution in [1.29, 1.82) is 0 Å². The standard InChI is InChI=1S/C21H40O4/c1-4-7-9-10-11-12-13-18-24-20(22)16-14-17-21(23)25-19(6-3)15-8-5-2/h19H,4-18H2,1-3H3. The van der Waals surface area contributed by atoms with E-state index in [2.05, 4.69) is 13.8 Å². The molecule has 0 aliphatic rings. The number of carbonyl (C=O) groups excluding carboxylic acids is 2. The van der Waals surface area contributed by atoms with Gasteiger partial charge in [0.1, 0.15) is 6.10 Å². The van der Waals surface area contributed by atoms with E-state index in [4.69, 9.17) is 9.47 Å². The normalized spacial score (nSPS) is 12.0. The van der Waals surface area contributed by atoms with Crippen LogP contribution in [0.25, 0.3) is 0 Å². The number of unbranched alkanes of at least 4 members (excludes halogenated alkanes) is 7. The third-order valence-electron chi connectivity index (χ3n) is 4.41. The van der Waals surface area contributed by atoms with Crippen LogP contribution in [-0.2, 0) is 19.1 Å². The molecule has 0 bridgehead atoms. The van der Waals surface area contributed by atoms with Gasteiger partial charge in [0, 0.05) is 12.8 Å². The topological polar surface area (TPSA) is 52.6 Å². The molecule has 0 saturated heterocycles. The van der Waals surface area contributed by atoms with Gasteiger partial charge in [0.2, 0.25) is 0 Å². The fourth-order valence-corrected chi connectivity index (χ4v) is 2.72. The molecule has 0 radical (unpaired) electrons. The van der Waals surface area contributed by atoms with Gasteiger partial charge in [-0.3, -0.25) is 9.59 Å². The maximum Gasteiger partial charge on any atom is 0.306 e. The molecule has 0 rings (SSSR count). The minimum absolute atomic E-state index is 0.0247. The van der Waals surface area contributed by atoms with E-state index in [0.717, 1.165) is 38.5 Å². The minimum Gasteiger partial charge on any atom is -0.466 e. The second-order valence-corrected chi connectivity index (χ2v) is 6.86. The van der Waals surface area contributed by atoms with Gasteiger partial charge in [-0.2, -0.15) is 0 Å². The summed E-state index contributed by atoms with van der Waals surface area (Å²) in [6.45, 7) is 6.89. The second-order valence-electron chi connectivity index (χ2n) is 6.86. The van der Waals surface area contributed by atoms with E-state index in [1.807, 2.05) is 6.92 Å². The van der Waals surface area contributed by atoms with Gasteiger partial charge in [-0.1, -0.05) is 72.1 Å². The second kappa shape index (κ2) is 17.8. The monoisotopic (exact) mass is 356 g/mol. The molecule has 4 heteroatoms. The number of hydrogen-bond acceptors (Lipinski definition) is 4. The van der Waals surface area contributed by atoms with Crippen LogP contribution in [0.15, 0.2) is 0 Å². The average Bonchev–Trinajstić information content (AvgIpc) is 2.60. The Morgan fingerprint density at radius 1 is 0.720 bits per heavy atom. The van der Waals surface area contributed by atoms with E-state index in [0.29, 0.717) is 25.9 Å². The molecule has 1 atom stereocenters. The fraction of sp³-hybridized carbons (Fsp3) is 0.905. The summed E-state index contributed by atoms with van der Waals surface area (Å²) in [6, 6.07) is 0. The lowest BCUT2D eigenvalue weighted by Crippen LogP contribution is -2.17. The Morgan fingerprint density at radius 3 is 1.96 bits per heavy atom. The summed E-state index contributed by atoms with van der Waals surface area (Å²) in [5, 5.41) is 0. The van der Waals surface area contributed by atoms with Crippen molar-refractivity contribution in [2.75, 3.05) is 6.61 Å². The molecule has 0 aliphatic carbocycles. The zero-order chi connectivity index (χ0) is 18.8. The van der Waals surface area contributed by atoms with Crippen LogP contribution in [0.4, 0.5) is 0 Å². The van der Waals surface area contributed by atoms with Crippen LogP contribution in [0.2, 0.25) is 0 Å². The van der Waals surface area contributed by atoms with Crippen LogP contribution in [0, 0.1) is 0 Å². The number of rotatable bonds is 17. The average molecular weight is 357 g/mol. The first kappa shape index (κ1) is 23.9. The van der Waals surface area contributed by atoms with Crippen molar-refractivity contribution in [1.82, 2.24) is 0 Å². The van der Waals surface area contributed by atoms with E-state index in [1.54, 1.807) is 0 Å². The molecule has 0 fully saturated rings. The van der Waals surface area contributed by atoms with Gasteiger partial charge in [0.15, 0.2) is 0 Å². The molecule has 148 valence electrons. The van der Waals surface area contributed by atoms with Gasteiger partial charge < -0.3 is 9.47 Å². The Morgan fingerprint density at radius 2 is 1.32 bits per heavy atom. The van der Waals surface area contributed by atoms with Gasteiger partial charge in [-0.25, -0.2) is 0 Å². The molecule has 0 amide bonds. The summed E-state index contributed by atoms with van der Waals surface area (Å²) in [6.07, 6.45) is 13.6. The largest absolute Gasteiger partial charge is 0.466 e. The van der Waals surface area contributed by atoms with Gasteiger partial charge >= 0.3 is 11.9 Å². The predicted molar refractivity (Wildman–Crippen MR) is 102 cm³/mol. The van der Waals surface area contributed by atoms with Crippen LogP contribution in [0.1, 0.15) is 111 Å². The maximum absolute atomic E-state index is 11.8. The molecule has 25 heavy (non-hydrogen) atoms. The summed E-state index contributed by atoms with van der Waals surface area (Å²) in [5.74, 6) is -0.389. The molecule has 0 aromatic rings. The molecular weight excluding hydrogens is 316 g/mol. The summed E-state index contributed by atoms with van der Waals surface area (Å²) < 4.78 is 10.7. The van der Waals surface area contributed by atoms with Crippen molar-refractivity contribution in [3.05, 3.63) is 0 Å². The Hall–Kier alpha value is -1.06. The van der Waals surface area contributed by atoms with E-state index in [9.17, 15) is 9.59 Å². The molecule has 0 heterocycles. The quantitative estimate of drug-likeness (QED) is 0.238. The Bertz CT molecular complexity index is 328. The first-order chi connectivity index (χ1) is 12.1. The summed E-state index contributed by atoms with van der Waals surface area (Å²) in [5.41, 5.74) is 0. The lowest BCUT2D eigenvalue weighted by atomic mass is 10.1. The number of ether oxygens (including phenoxy) is 2. The highest BCUT2D eigenvalue weighted by Crippen LogP contribution is 2.11. The van der Waals surface area contributed by atoms with E-state index < -0.39 is 0 Å². The molecule has 0 spiro atoms. The van der Waals surface area contributed by atoms with Gasteiger partial charge in [-0.15, -0.1) is 0 Å². The fourth-order valence-electron chi connectivity index (χ4n) is 2.72. The van der Waals surface area contributed by atoms with Crippen molar-refractivity contribution in [3.63, 3.8) is 0 Å². The van der Waals surface area contributed by atoms with Gasteiger partial charge in [0.05, 0.1) is 6.61 Å². The summed E-state index contributed by atoms with van der Waals surface area (Å²) in [7, 11) is 0. The van der Waals surface area contributed by atoms with E-state index >= 15 is 0 Å². The molecular formula is C21H40O4. The molecule has 0 N–H and O–H groups in total. The zero-order valence-electron chi connectivity index (χ0n) is 16.8. The van der Waals surface area contributed by atoms with E-state index in [-0.39, 0.29) is 18.0 Å². The zero-order valence-corrected chi connectivity index (χ0v) is 16.8. The highest BCUT2D eigenvalue weighted by Gasteiger charge is 2.13.